The topological polar surface area (TPSA) is 43.8 Å². The molecule has 0 spiro atoms. The number of nitrogens with two attached hydrogens (primary N) is 1. The highest BCUT2D eigenvalue weighted by Gasteiger charge is 2.39. The number of aromatic nitrogens is 2. The molecule has 14 heavy (non-hydrogen) atoms. The van der Waals surface area contributed by atoms with E-state index >= 15 is 0 Å². The lowest BCUT2D eigenvalue weighted by Crippen LogP contribution is -2.24. The summed E-state index contributed by atoms with van der Waals surface area (Å²) in [7, 11) is 2.01. The van der Waals surface area contributed by atoms with Crippen molar-refractivity contribution in [2.75, 3.05) is 0 Å². The number of hydrogen-bond acceptors (Lipinski definition) is 2. The van der Waals surface area contributed by atoms with Crippen LogP contribution < -0.4 is 5.73 Å². The zero-order valence-electron chi connectivity index (χ0n) is 9.25. The van der Waals surface area contributed by atoms with Crippen molar-refractivity contribution >= 4 is 0 Å². The molecule has 3 heteroatoms. The zero-order chi connectivity index (χ0) is 10.3. The highest BCUT2D eigenvalue weighted by molar-refractivity contribution is 5.15. The molecule has 3 nitrogen and oxygen atoms in total. The second-order valence-corrected chi connectivity index (χ2v) is 4.80. The van der Waals surface area contributed by atoms with Crippen LogP contribution in [0.15, 0.2) is 6.07 Å². The molecule has 1 saturated carbocycles. The summed E-state index contributed by atoms with van der Waals surface area (Å²) in [5.41, 5.74) is 8.65. The van der Waals surface area contributed by atoms with Crippen LogP contribution >= 0.6 is 0 Å². The molecule has 1 unspecified atom stereocenters. The Balaban J connectivity index is 2.10. The van der Waals surface area contributed by atoms with E-state index in [4.69, 9.17) is 5.73 Å². The Bertz CT molecular complexity index is 336. The Hall–Kier alpha value is -0.830. The highest BCUT2D eigenvalue weighted by Crippen LogP contribution is 2.40. The molecule has 1 heterocycles. The van der Waals surface area contributed by atoms with Crippen LogP contribution in [0, 0.1) is 6.92 Å². The maximum absolute atomic E-state index is 6.11. The maximum atomic E-state index is 6.11. The van der Waals surface area contributed by atoms with Gasteiger partial charge in [0.25, 0.3) is 0 Å². The molecule has 1 atom stereocenters. The maximum Gasteiger partial charge on any atom is 0.0596 e. The molecule has 2 rings (SSSR count). The van der Waals surface area contributed by atoms with Gasteiger partial charge in [-0.05, 0) is 38.2 Å². The van der Waals surface area contributed by atoms with E-state index in [0.717, 1.165) is 12.1 Å². The van der Waals surface area contributed by atoms with Gasteiger partial charge in [0.2, 0.25) is 0 Å². The average Bonchev–Trinajstić information content (AvgIpc) is 2.68. The number of nitrogens with zero attached hydrogens (tertiary/aromatic N) is 2. The van der Waals surface area contributed by atoms with Gasteiger partial charge in [-0.15, -0.1) is 0 Å². The van der Waals surface area contributed by atoms with Crippen LogP contribution in [0.25, 0.3) is 0 Å². The van der Waals surface area contributed by atoms with Crippen LogP contribution in [0.1, 0.15) is 43.5 Å². The molecule has 2 N–H and O–H groups in total. The lowest BCUT2D eigenvalue weighted by atomic mass is 9.97. The minimum atomic E-state index is 0.136. The van der Waals surface area contributed by atoms with Crippen LogP contribution in [0.5, 0.6) is 0 Å². The molecule has 1 aromatic heterocycles. The van der Waals surface area contributed by atoms with Gasteiger partial charge < -0.3 is 5.73 Å². The summed E-state index contributed by atoms with van der Waals surface area (Å²) >= 11 is 0. The smallest absolute Gasteiger partial charge is 0.0596 e. The van der Waals surface area contributed by atoms with Crippen molar-refractivity contribution < 1.29 is 0 Å². The molecule has 0 aliphatic heterocycles. The van der Waals surface area contributed by atoms with Crippen LogP contribution in [-0.2, 0) is 7.05 Å². The van der Waals surface area contributed by atoms with Gasteiger partial charge in [0, 0.05) is 18.3 Å². The van der Waals surface area contributed by atoms with Gasteiger partial charge in [0.15, 0.2) is 0 Å². The van der Waals surface area contributed by atoms with Crippen LogP contribution in [0.2, 0.25) is 0 Å². The summed E-state index contributed by atoms with van der Waals surface area (Å²) in [4.78, 5) is 0. The first-order valence-electron chi connectivity index (χ1n) is 5.30. The molecule has 1 aliphatic carbocycles. The molecule has 0 saturated heterocycles. The van der Waals surface area contributed by atoms with Gasteiger partial charge in [0.05, 0.1) is 5.69 Å². The van der Waals surface area contributed by atoms with E-state index in [0.29, 0.717) is 5.92 Å². The van der Waals surface area contributed by atoms with Crippen molar-refractivity contribution in [1.29, 1.82) is 0 Å². The summed E-state index contributed by atoms with van der Waals surface area (Å²) in [6, 6.07) is 2.16. The van der Waals surface area contributed by atoms with Gasteiger partial charge in [0.1, 0.15) is 0 Å². The molecule has 0 amide bonds. The van der Waals surface area contributed by atoms with Crippen molar-refractivity contribution in [2.45, 2.75) is 44.6 Å². The fourth-order valence-corrected chi connectivity index (χ4v) is 2.17. The van der Waals surface area contributed by atoms with Crippen molar-refractivity contribution in [3.63, 3.8) is 0 Å². The van der Waals surface area contributed by atoms with E-state index in [-0.39, 0.29) is 5.54 Å². The summed E-state index contributed by atoms with van der Waals surface area (Å²) in [5, 5.41) is 4.36. The Labute approximate surface area is 85.3 Å². The minimum absolute atomic E-state index is 0.136. The summed E-state index contributed by atoms with van der Waals surface area (Å²) in [6.07, 6.45) is 3.47. The standard InChI is InChI=1S/C11H19N3/c1-8(7-11(12)4-5-11)10-6-9(2)13-14(10)3/h6,8H,4-5,7,12H2,1-3H3. The first-order chi connectivity index (χ1) is 6.50. The molecular formula is C11H19N3. The second kappa shape index (κ2) is 3.09. The van der Waals surface area contributed by atoms with Crippen molar-refractivity contribution in [3.05, 3.63) is 17.5 Å². The Kier molecular flexibility index (Phi) is 2.14. The van der Waals surface area contributed by atoms with Gasteiger partial charge in [-0.3, -0.25) is 4.68 Å². The Morgan fingerprint density at radius 2 is 2.29 bits per heavy atom. The lowest BCUT2D eigenvalue weighted by molar-refractivity contribution is 0.514. The summed E-state index contributed by atoms with van der Waals surface area (Å²) < 4.78 is 1.98. The number of rotatable bonds is 3. The highest BCUT2D eigenvalue weighted by atomic mass is 15.3. The molecule has 0 aromatic carbocycles. The van der Waals surface area contributed by atoms with Crippen molar-refractivity contribution in [1.82, 2.24) is 9.78 Å². The number of hydrogen-bond donors (Lipinski definition) is 1. The zero-order valence-corrected chi connectivity index (χ0v) is 9.25. The van der Waals surface area contributed by atoms with Crippen LogP contribution in [0.4, 0.5) is 0 Å². The van der Waals surface area contributed by atoms with E-state index in [2.05, 4.69) is 18.1 Å². The van der Waals surface area contributed by atoms with Gasteiger partial charge in [-0.1, -0.05) is 6.92 Å². The molecule has 78 valence electrons. The molecule has 0 radical (unpaired) electrons. The van der Waals surface area contributed by atoms with Gasteiger partial charge >= 0.3 is 0 Å². The van der Waals surface area contributed by atoms with Gasteiger partial charge in [-0.25, -0.2) is 0 Å². The van der Waals surface area contributed by atoms with E-state index in [1.165, 1.54) is 18.5 Å². The second-order valence-electron chi connectivity index (χ2n) is 4.80. The third-order valence-corrected chi connectivity index (χ3v) is 3.15. The lowest BCUT2D eigenvalue weighted by Gasteiger charge is -2.16. The third kappa shape index (κ3) is 1.82. The Morgan fingerprint density at radius 3 is 2.71 bits per heavy atom. The van der Waals surface area contributed by atoms with Crippen LogP contribution in [0.3, 0.4) is 0 Å². The molecule has 1 aromatic rings. The van der Waals surface area contributed by atoms with E-state index in [9.17, 15) is 0 Å². The molecule has 1 fully saturated rings. The monoisotopic (exact) mass is 193 g/mol. The van der Waals surface area contributed by atoms with E-state index in [1.807, 2.05) is 18.7 Å². The minimum Gasteiger partial charge on any atom is -0.325 e. The van der Waals surface area contributed by atoms with E-state index < -0.39 is 0 Å². The first kappa shape index (κ1) is 9.71. The van der Waals surface area contributed by atoms with Crippen molar-refractivity contribution in [3.8, 4) is 0 Å². The SMILES string of the molecule is Cc1cc(C(C)CC2(N)CC2)n(C)n1. The molecule has 0 bridgehead atoms. The fraction of sp³-hybridized carbons (Fsp3) is 0.727. The molecule has 1 aliphatic rings. The number of aryl methyl sites for hydroxylation is 2. The average molecular weight is 193 g/mol. The van der Waals surface area contributed by atoms with Crippen LogP contribution in [-0.4, -0.2) is 15.3 Å². The summed E-state index contributed by atoms with van der Waals surface area (Å²) in [5.74, 6) is 0.522. The predicted molar refractivity (Wildman–Crippen MR) is 57.1 cm³/mol. The van der Waals surface area contributed by atoms with Crippen molar-refractivity contribution in [2.24, 2.45) is 12.8 Å². The first-order valence-corrected chi connectivity index (χ1v) is 5.30. The fourth-order valence-electron chi connectivity index (χ4n) is 2.17. The van der Waals surface area contributed by atoms with E-state index in [1.54, 1.807) is 0 Å². The molecular weight excluding hydrogens is 174 g/mol. The normalized spacial score (nSPS) is 20.9. The predicted octanol–water partition coefficient (Wildman–Crippen LogP) is 1.71. The largest absolute Gasteiger partial charge is 0.325 e. The third-order valence-electron chi connectivity index (χ3n) is 3.15. The van der Waals surface area contributed by atoms with Gasteiger partial charge in [-0.2, -0.15) is 5.10 Å². The Morgan fingerprint density at radius 1 is 1.64 bits per heavy atom. The summed E-state index contributed by atoms with van der Waals surface area (Å²) in [6.45, 7) is 4.27. The quantitative estimate of drug-likeness (QED) is 0.794.